The quantitative estimate of drug-likeness (QED) is 0.409. The van der Waals surface area contributed by atoms with Crippen molar-refractivity contribution in [3.63, 3.8) is 0 Å². The van der Waals surface area contributed by atoms with E-state index in [-0.39, 0.29) is 0 Å². The van der Waals surface area contributed by atoms with Crippen LogP contribution in [-0.2, 0) is 5.75 Å². The molecule has 0 spiro atoms. The second kappa shape index (κ2) is 7.20. The molecule has 0 aliphatic carbocycles. The Morgan fingerprint density at radius 1 is 0.667 bits per heavy atom. The zero-order valence-electron chi connectivity index (χ0n) is 13.1. The normalized spacial score (nSPS) is 11.0. The van der Waals surface area contributed by atoms with Gasteiger partial charge in [0.15, 0.2) is 0 Å². The highest BCUT2D eigenvalue weighted by atomic mass is 32.2. The molecule has 0 radical (unpaired) electrons. The first-order valence-corrected chi connectivity index (χ1v) is 9.71. The van der Waals surface area contributed by atoms with Crippen LogP contribution in [0, 0.1) is 0 Å². The van der Waals surface area contributed by atoms with E-state index in [9.17, 15) is 0 Å². The lowest BCUT2D eigenvalue weighted by Gasteiger charge is -2.05. The Bertz CT molecular complexity index is 930. The van der Waals surface area contributed by atoms with E-state index in [1.165, 1.54) is 31.3 Å². The van der Waals surface area contributed by atoms with E-state index in [1.54, 1.807) is 11.8 Å². The molecule has 0 fully saturated rings. The Labute approximate surface area is 150 Å². The summed E-state index contributed by atoms with van der Waals surface area (Å²) in [5.41, 5.74) is 2.59. The zero-order chi connectivity index (χ0) is 16.2. The number of para-hydroxylation sites is 1. The van der Waals surface area contributed by atoms with Crippen molar-refractivity contribution in [1.82, 2.24) is 4.98 Å². The standard InChI is InChI=1S/C21H17NS2/c1-3-9-16(10-4-1)23-15-19-18-13-7-8-14-20(18)22-21(19)24-17-11-5-2-6-12-17/h1-14,22H,15H2. The summed E-state index contributed by atoms with van der Waals surface area (Å²) in [5.74, 6) is 0.962. The van der Waals surface area contributed by atoms with Crippen LogP contribution in [0.4, 0.5) is 0 Å². The molecule has 0 atom stereocenters. The summed E-state index contributed by atoms with van der Waals surface area (Å²) < 4.78 is 0. The maximum Gasteiger partial charge on any atom is 0.0822 e. The molecule has 1 aromatic heterocycles. The molecule has 3 aromatic carbocycles. The van der Waals surface area contributed by atoms with Crippen molar-refractivity contribution in [3.05, 3.63) is 90.5 Å². The molecular weight excluding hydrogens is 330 g/mol. The summed E-state index contributed by atoms with van der Waals surface area (Å²) in [6.45, 7) is 0. The van der Waals surface area contributed by atoms with Crippen molar-refractivity contribution >= 4 is 34.4 Å². The molecule has 3 heteroatoms. The molecular formula is C21H17NS2. The molecule has 0 aliphatic rings. The molecule has 0 amide bonds. The summed E-state index contributed by atoms with van der Waals surface area (Å²) in [5, 5.41) is 2.56. The number of aromatic nitrogens is 1. The fraction of sp³-hybridized carbons (Fsp3) is 0.0476. The van der Waals surface area contributed by atoms with Crippen molar-refractivity contribution in [2.45, 2.75) is 20.6 Å². The number of benzene rings is 3. The lowest BCUT2D eigenvalue weighted by atomic mass is 10.2. The third-order valence-electron chi connectivity index (χ3n) is 3.86. The van der Waals surface area contributed by atoms with Gasteiger partial charge in [-0.25, -0.2) is 0 Å². The van der Waals surface area contributed by atoms with E-state index in [1.807, 2.05) is 11.8 Å². The molecule has 4 aromatic rings. The first-order valence-electron chi connectivity index (χ1n) is 7.90. The molecule has 0 saturated heterocycles. The number of rotatable bonds is 5. The van der Waals surface area contributed by atoms with Gasteiger partial charge in [-0.3, -0.25) is 0 Å². The molecule has 24 heavy (non-hydrogen) atoms. The van der Waals surface area contributed by atoms with Crippen LogP contribution >= 0.6 is 23.5 Å². The highest BCUT2D eigenvalue weighted by Gasteiger charge is 2.12. The average Bonchev–Trinajstić information content (AvgIpc) is 2.99. The smallest absolute Gasteiger partial charge is 0.0822 e. The number of hydrogen-bond acceptors (Lipinski definition) is 2. The highest BCUT2D eigenvalue weighted by Crippen LogP contribution is 2.37. The van der Waals surface area contributed by atoms with Crippen molar-refractivity contribution < 1.29 is 0 Å². The van der Waals surface area contributed by atoms with Crippen LogP contribution < -0.4 is 0 Å². The van der Waals surface area contributed by atoms with Gasteiger partial charge in [-0.15, -0.1) is 11.8 Å². The largest absolute Gasteiger partial charge is 0.349 e. The maximum atomic E-state index is 3.60. The summed E-state index contributed by atoms with van der Waals surface area (Å²) in [6, 6.07) is 29.7. The van der Waals surface area contributed by atoms with E-state index >= 15 is 0 Å². The van der Waals surface area contributed by atoms with Crippen molar-refractivity contribution in [3.8, 4) is 0 Å². The number of nitrogens with one attached hydrogen (secondary N) is 1. The predicted octanol–water partition coefficient (Wildman–Crippen LogP) is 6.61. The molecule has 4 rings (SSSR count). The predicted molar refractivity (Wildman–Crippen MR) is 105 cm³/mol. The summed E-state index contributed by atoms with van der Waals surface area (Å²) >= 11 is 3.69. The minimum absolute atomic E-state index is 0.962. The van der Waals surface area contributed by atoms with Gasteiger partial charge in [0.25, 0.3) is 0 Å². The van der Waals surface area contributed by atoms with Crippen LogP contribution in [0.1, 0.15) is 5.56 Å². The average molecular weight is 348 g/mol. The van der Waals surface area contributed by atoms with Gasteiger partial charge in [0.1, 0.15) is 0 Å². The van der Waals surface area contributed by atoms with Gasteiger partial charge in [-0.1, -0.05) is 66.4 Å². The molecule has 1 nitrogen and oxygen atoms in total. The van der Waals surface area contributed by atoms with Crippen molar-refractivity contribution in [2.24, 2.45) is 0 Å². The zero-order valence-corrected chi connectivity index (χ0v) is 14.7. The van der Waals surface area contributed by atoms with Crippen molar-refractivity contribution in [1.29, 1.82) is 0 Å². The third kappa shape index (κ3) is 3.37. The SMILES string of the molecule is c1ccc(SCc2c(Sc3ccccc3)[nH]c3ccccc23)cc1. The molecule has 1 N–H and O–H groups in total. The first kappa shape index (κ1) is 15.4. The molecule has 0 saturated carbocycles. The monoisotopic (exact) mass is 347 g/mol. The molecule has 0 bridgehead atoms. The fourth-order valence-corrected chi connectivity index (χ4v) is 4.73. The Morgan fingerprint density at radius 3 is 2.04 bits per heavy atom. The maximum absolute atomic E-state index is 3.60. The van der Waals surface area contributed by atoms with Gasteiger partial charge in [-0.2, -0.15) is 0 Å². The van der Waals surface area contributed by atoms with E-state index in [2.05, 4.69) is 89.9 Å². The van der Waals surface area contributed by atoms with Crippen LogP contribution in [0.5, 0.6) is 0 Å². The Balaban J connectivity index is 1.67. The highest BCUT2D eigenvalue weighted by molar-refractivity contribution is 8.00. The van der Waals surface area contributed by atoms with E-state index in [0.29, 0.717) is 0 Å². The lowest BCUT2D eigenvalue weighted by Crippen LogP contribution is -1.83. The van der Waals surface area contributed by atoms with E-state index < -0.39 is 0 Å². The van der Waals surface area contributed by atoms with Crippen LogP contribution in [0.2, 0.25) is 0 Å². The van der Waals surface area contributed by atoms with Crippen LogP contribution in [0.25, 0.3) is 10.9 Å². The first-order chi connectivity index (χ1) is 11.9. The van der Waals surface area contributed by atoms with Crippen LogP contribution in [0.3, 0.4) is 0 Å². The van der Waals surface area contributed by atoms with Crippen molar-refractivity contribution in [2.75, 3.05) is 0 Å². The fourth-order valence-electron chi connectivity index (χ4n) is 2.68. The number of H-pyrrole nitrogens is 1. The number of aromatic amines is 1. The molecule has 0 unspecified atom stereocenters. The Kier molecular flexibility index (Phi) is 4.63. The van der Waals surface area contributed by atoms with Gasteiger partial charge in [0.05, 0.1) is 5.03 Å². The number of hydrogen-bond donors (Lipinski definition) is 1. The van der Waals surface area contributed by atoms with Gasteiger partial charge in [0.2, 0.25) is 0 Å². The van der Waals surface area contributed by atoms with Crippen LogP contribution in [-0.4, -0.2) is 4.98 Å². The minimum Gasteiger partial charge on any atom is -0.349 e. The van der Waals surface area contributed by atoms with E-state index in [4.69, 9.17) is 0 Å². The number of fused-ring (bicyclic) bond motifs is 1. The van der Waals surface area contributed by atoms with E-state index in [0.717, 1.165) is 5.75 Å². The Hall–Kier alpha value is -2.10. The third-order valence-corrected chi connectivity index (χ3v) is 5.96. The molecule has 1 heterocycles. The minimum atomic E-state index is 0.962. The van der Waals surface area contributed by atoms with Gasteiger partial charge in [-0.05, 0) is 30.3 Å². The van der Waals surface area contributed by atoms with Gasteiger partial charge in [0, 0.05) is 32.0 Å². The lowest BCUT2D eigenvalue weighted by molar-refractivity contribution is 1.17. The van der Waals surface area contributed by atoms with Gasteiger partial charge >= 0.3 is 0 Å². The second-order valence-electron chi connectivity index (χ2n) is 5.50. The summed E-state index contributed by atoms with van der Waals surface area (Å²) in [7, 11) is 0. The number of thioether (sulfide) groups is 1. The summed E-state index contributed by atoms with van der Waals surface area (Å²) in [6.07, 6.45) is 0. The second-order valence-corrected chi connectivity index (χ2v) is 7.63. The summed E-state index contributed by atoms with van der Waals surface area (Å²) in [4.78, 5) is 6.16. The Morgan fingerprint density at radius 2 is 1.29 bits per heavy atom. The van der Waals surface area contributed by atoms with Crippen LogP contribution in [0.15, 0.2) is 99.7 Å². The van der Waals surface area contributed by atoms with Gasteiger partial charge < -0.3 is 4.98 Å². The molecule has 118 valence electrons. The topological polar surface area (TPSA) is 15.8 Å². The molecule has 0 aliphatic heterocycles.